The molecule has 0 atom stereocenters. The highest BCUT2D eigenvalue weighted by atomic mass is 19.1. The van der Waals surface area contributed by atoms with Gasteiger partial charge in [-0.3, -0.25) is 4.79 Å². The molecule has 1 aromatic carbocycles. The number of rotatable bonds is 3. The maximum Gasteiger partial charge on any atom is 0.254 e. The average molecular weight is 267 g/mol. The van der Waals surface area contributed by atoms with E-state index >= 15 is 0 Å². The number of carbonyl (C=O) groups is 1. The van der Waals surface area contributed by atoms with E-state index in [1.807, 2.05) is 0 Å². The lowest BCUT2D eigenvalue weighted by Crippen LogP contribution is -2.24. The molecule has 2 rings (SSSR count). The molecule has 5 nitrogen and oxygen atoms in total. The summed E-state index contributed by atoms with van der Waals surface area (Å²) in [6, 6.07) is 1.51. The zero-order chi connectivity index (χ0) is 14.0. The Morgan fingerprint density at radius 3 is 2.79 bits per heavy atom. The van der Waals surface area contributed by atoms with Crippen molar-refractivity contribution >= 4 is 11.6 Å². The third kappa shape index (κ3) is 2.87. The summed E-state index contributed by atoms with van der Waals surface area (Å²) in [5, 5.41) is 2.40. The van der Waals surface area contributed by atoms with Gasteiger partial charge >= 0.3 is 0 Å². The van der Waals surface area contributed by atoms with Crippen molar-refractivity contribution in [2.75, 3.05) is 5.73 Å². The van der Waals surface area contributed by atoms with Gasteiger partial charge in [-0.2, -0.15) is 0 Å². The van der Waals surface area contributed by atoms with Crippen LogP contribution in [0.2, 0.25) is 0 Å². The summed E-state index contributed by atoms with van der Waals surface area (Å²) in [6.45, 7) is 1.71. The van der Waals surface area contributed by atoms with Crippen LogP contribution < -0.4 is 11.1 Å². The van der Waals surface area contributed by atoms with Crippen molar-refractivity contribution in [2.24, 2.45) is 0 Å². The quantitative estimate of drug-likeness (QED) is 0.830. The number of nitrogens with zero attached hydrogens (tertiary/aromatic N) is 1. The van der Waals surface area contributed by atoms with Crippen LogP contribution in [0, 0.1) is 18.6 Å². The number of oxazole rings is 1. The maximum atomic E-state index is 13.4. The zero-order valence-electron chi connectivity index (χ0n) is 10.0. The molecule has 7 heteroatoms. The van der Waals surface area contributed by atoms with Crippen molar-refractivity contribution in [1.82, 2.24) is 10.3 Å². The van der Waals surface area contributed by atoms with Crippen molar-refractivity contribution in [3.05, 3.63) is 47.2 Å². The van der Waals surface area contributed by atoms with E-state index in [0.717, 1.165) is 6.07 Å². The van der Waals surface area contributed by atoms with Crippen LogP contribution in [-0.2, 0) is 6.54 Å². The Kier molecular flexibility index (Phi) is 3.46. The van der Waals surface area contributed by atoms with Gasteiger partial charge in [0.1, 0.15) is 17.4 Å². The molecule has 0 radical (unpaired) electrons. The number of anilines is 1. The van der Waals surface area contributed by atoms with Crippen LogP contribution in [0.5, 0.6) is 0 Å². The summed E-state index contributed by atoms with van der Waals surface area (Å²) in [5.74, 6) is -1.71. The number of hydrogen-bond donors (Lipinski definition) is 2. The Morgan fingerprint density at radius 2 is 2.16 bits per heavy atom. The van der Waals surface area contributed by atoms with E-state index in [9.17, 15) is 13.6 Å². The van der Waals surface area contributed by atoms with E-state index in [-0.39, 0.29) is 17.8 Å². The second kappa shape index (κ2) is 5.05. The first kappa shape index (κ1) is 13.0. The molecular formula is C12H11F2N3O2. The van der Waals surface area contributed by atoms with Gasteiger partial charge in [0.2, 0.25) is 5.89 Å². The van der Waals surface area contributed by atoms with Gasteiger partial charge in [-0.1, -0.05) is 0 Å². The summed E-state index contributed by atoms with van der Waals surface area (Å²) in [4.78, 5) is 15.6. The number of aryl methyl sites for hydroxylation is 1. The number of nitrogens with one attached hydrogen (secondary N) is 1. The average Bonchev–Trinajstić information content (AvgIpc) is 2.77. The Labute approximate surface area is 107 Å². The lowest BCUT2D eigenvalue weighted by atomic mass is 10.1. The first-order valence-electron chi connectivity index (χ1n) is 5.41. The van der Waals surface area contributed by atoms with Gasteiger partial charge in [0.05, 0.1) is 24.0 Å². The fraction of sp³-hybridized carbons (Fsp3) is 0.167. The highest BCUT2D eigenvalue weighted by Crippen LogP contribution is 2.16. The largest absolute Gasteiger partial charge is 0.444 e. The topological polar surface area (TPSA) is 81.2 Å². The van der Waals surface area contributed by atoms with Gasteiger partial charge in [-0.25, -0.2) is 13.8 Å². The van der Waals surface area contributed by atoms with Crippen LogP contribution in [0.25, 0.3) is 0 Å². The lowest BCUT2D eigenvalue weighted by Gasteiger charge is -2.06. The van der Waals surface area contributed by atoms with Crippen molar-refractivity contribution in [3.8, 4) is 0 Å². The third-order valence-electron chi connectivity index (χ3n) is 2.40. The molecule has 0 aliphatic rings. The first-order valence-corrected chi connectivity index (χ1v) is 5.41. The second-order valence-electron chi connectivity index (χ2n) is 3.90. The van der Waals surface area contributed by atoms with E-state index in [4.69, 9.17) is 10.2 Å². The van der Waals surface area contributed by atoms with Gasteiger partial charge in [0.25, 0.3) is 5.91 Å². The Bertz CT molecular complexity index is 625. The minimum Gasteiger partial charge on any atom is -0.444 e. The molecule has 0 spiro atoms. The number of nitrogen functional groups attached to an aromatic ring is 1. The normalized spacial score (nSPS) is 10.5. The number of nitrogens with two attached hydrogens (primary N) is 1. The van der Waals surface area contributed by atoms with Crippen LogP contribution in [0.15, 0.2) is 22.7 Å². The van der Waals surface area contributed by atoms with E-state index in [0.29, 0.717) is 17.7 Å². The Balaban J connectivity index is 2.10. The number of hydrogen-bond acceptors (Lipinski definition) is 4. The number of aromatic nitrogens is 1. The second-order valence-corrected chi connectivity index (χ2v) is 3.90. The van der Waals surface area contributed by atoms with Gasteiger partial charge in [-0.15, -0.1) is 0 Å². The molecule has 1 amide bonds. The standard InChI is InChI=1S/C12H11F2N3O2/c1-6-4-16-11(19-6)5-17-12(18)7-2-10(15)9(14)3-8(7)13/h2-4H,5,15H2,1H3,(H,17,18). The van der Waals surface area contributed by atoms with E-state index in [2.05, 4.69) is 10.3 Å². The molecule has 100 valence electrons. The van der Waals surface area contributed by atoms with Crippen LogP contribution in [0.4, 0.5) is 14.5 Å². The highest BCUT2D eigenvalue weighted by Gasteiger charge is 2.15. The predicted octanol–water partition coefficient (Wildman–Crippen LogP) is 1.77. The molecule has 2 aromatic rings. The zero-order valence-corrected chi connectivity index (χ0v) is 10.0. The van der Waals surface area contributed by atoms with Crippen molar-refractivity contribution in [1.29, 1.82) is 0 Å². The van der Waals surface area contributed by atoms with E-state index < -0.39 is 17.5 Å². The van der Waals surface area contributed by atoms with Gasteiger partial charge < -0.3 is 15.5 Å². The fourth-order valence-electron chi connectivity index (χ4n) is 1.47. The summed E-state index contributed by atoms with van der Waals surface area (Å²) < 4.78 is 31.5. The van der Waals surface area contributed by atoms with Gasteiger partial charge in [0.15, 0.2) is 0 Å². The molecule has 0 fully saturated rings. The predicted molar refractivity (Wildman–Crippen MR) is 63.2 cm³/mol. The number of halogens is 2. The molecule has 1 aromatic heterocycles. The fourth-order valence-corrected chi connectivity index (χ4v) is 1.47. The minimum atomic E-state index is -0.979. The molecule has 0 saturated heterocycles. The van der Waals surface area contributed by atoms with Crippen molar-refractivity contribution < 1.29 is 18.0 Å². The molecule has 3 N–H and O–H groups in total. The van der Waals surface area contributed by atoms with E-state index in [1.165, 1.54) is 6.20 Å². The molecule has 19 heavy (non-hydrogen) atoms. The Morgan fingerprint density at radius 1 is 1.42 bits per heavy atom. The summed E-state index contributed by atoms with van der Waals surface area (Å²) in [5.41, 5.74) is 4.66. The molecule has 0 saturated carbocycles. The molecular weight excluding hydrogens is 256 g/mol. The third-order valence-corrected chi connectivity index (χ3v) is 2.40. The van der Waals surface area contributed by atoms with Crippen LogP contribution >= 0.6 is 0 Å². The van der Waals surface area contributed by atoms with Crippen molar-refractivity contribution in [3.63, 3.8) is 0 Å². The molecule has 0 aliphatic heterocycles. The summed E-state index contributed by atoms with van der Waals surface area (Å²) in [7, 11) is 0. The number of carbonyl (C=O) groups excluding carboxylic acids is 1. The summed E-state index contributed by atoms with van der Waals surface area (Å²) >= 11 is 0. The minimum absolute atomic E-state index is 0.00337. The van der Waals surface area contributed by atoms with Gasteiger partial charge in [-0.05, 0) is 13.0 Å². The first-order chi connectivity index (χ1) is 8.97. The van der Waals surface area contributed by atoms with E-state index in [1.54, 1.807) is 6.92 Å². The summed E-state index contributed by atoms with van der Waals surface area (Å²) in [6.07, 6.45) is 1.50. The molecule has 0 aliphatic carbocycles. The highest BCUT2D eigenvalue weighted by molar-refractivity contribution is 5.95. The molecule has 1 heterocycles. The smallest absolute Gasteiger partial charge is 0.254 e. The number of benzene rings is 1. The van der Waals surface area contributed by atoms with Crippen LogP contribution in [-0.4, -0.2) is 10.9 Å². The van der Waals surface area contributed by atoms with Crippen LogP contribution in [0.1, 0.15) is 22.0 Å². The SMILES string of the molecule is Cc1cnc(CNC(=O)c2cc(N)c(F)cc2F)o1. The molecule has 0 unspecified atom stereocenters. The van der Waals surface area contributed by atoms with Crippen LogP contribution in [0.3, 0.4) is 0 Å². The maximum absolute atomic E-state index is 13.4. The monoisotopic (exact) mass is 267 g/mol. The van der Waals surface area contributed by atoms with Gasteiger partial charge in [0, 0.05) is 6.07 Å². The number of amides is 1. The van der Waals surface area contributed by atoms with Crippen molar-refractivity contribution in [2.45, 2.75) is 13.5 Å². The molecule has 0 bridgehead atoms. The Hall–Kier alpha value is -2.44. The lowest BCUT2D eigenvalue weighted by molar-refractivity contribution is 0.0943.